The van der Waals surface area contributed by atoms with Crippen molar-refractivity contribution in [2.45, 2.75) is 45.1 Å². The Morgan fingerprint density at radius 3 is 2.37 bits per heavy atom. The van der Waals surface area contributed by atoms with Crippen LogP contribution in [-0.2, 0) is 0 Å². The number of anilines is 1. The SMILES string of the molecule is COc1ccc(NC(C)C2CCCCC2)cc1OC. The van der Waals surface area contributed by atoms with Crippen LogP contribution in [0.4, 0.5) is 5.69 Å². The maximum absolute atomic E-state index is 5.34. The van der Waals surface area contributed by atoms with Crippen LogP contribution < -0.4 is 14.8 Å². The molecule has 1 aliphatic carbocycles. The molecule has 1 atom stereocenters. The molecule has 0 amide bonds. The van der Waals surface area contributed by atoms with E-state index in [1.807, 2.05) is 12.1 Å². The fourth-order valence-electron chi connectivity index (χ4n) is 2.94. The van der Waals surface area contributed by atoms with E-state index < -0.39 is 0 Å². The second-order valence-corrected chi connectivity index (χ2v) is 5.40. The van der Waals surface area contributed by atoms with Crippen molar-refractivity contribution in [3.8, 4) is 11.5 Å². The molecule has 3 heteroatoms. The van der Waals surface area contributed by atoms with Gasteiger partial charge in [-0.25, -0.2) is 0 Å². The van der Waals surface area contributed by atoms with E-state index in [1.54, 1.807) is 14.2 Å². The highest BCUT2D eigenvalue weighted by Gasteiger charge is 2.20. The number of benzene rings is 1. The summed E-state index contributed by atoms with van der Waals surface area (Å²) < 4.78 is 10.6. The summed E-state index contributed by atoms with van der Waals surface area (Å²) in [5.74, 6) is 2.35. The van der Waals surface area contributed by atoms with Crippen LogP contribution in [0.15, 0.2) is 18.2 Å². The van der Waals surface area contributed by atoms with Gasteiger partial charge in [-0.3, -0.25) is 0 Å². The Morgan fingerprint density at radius 1 is 1.05 bits per heavy atom. The summed E-state index contributed by atoms with van der Waals surface area (Å²) in [4.78, 5) is 0. The zero-order valence-electron chi connectivity index (χ0n) is 12.2. The molecule has 1 aliphatic rings. The van der Waals surface area contributed by atoms with E-state index in [0.29, 0.717) is 6.04 Å². The van der Waals surface area contributed by atoms with E-state index in [-0.39, 0.29) is 0 Å². The second-order valence-electron chi connectivity index (χ2n) is 5.40. The van der Waals surface area contributed by atoms with Crippen molar-refractivity contribution in [1.82, 2.24) is 0 Å². The van der Waals surface area contributed by atoms with Gasteiger partial charge in [0.1, 0.15) is 0 Å². The van der Waals surface area contributed by atoms with Gasteiger partial charge in [0.25, 0.3) is 0 Å². The van der Waals surface area contributed by atoms with Crippen LogP contribution in [0.5, 0.6) is 11.5 Å². The van der Waals surface area contributed by atoms with Crippen molar-refractivity contribution < 1.29 is 9.47 Å². The van der Waals surface area contributed by atoms with Crippen molar-refractivity contribution in [2.24, 2.45) is 5.92 Å². The Hall–Kier alpha value is -1.38. The largest absolute Gasteiger partial charge is 0.493 e. The van der Waals surface area contributed by atoms with Crippen LogP contribution in [0.3, 0.4) is 0 Å². The first-order valence-corrected chi connectivity index (χ1v) is 7.23. The van der Waals surface area contributed by atoms with Gasteiger partial charge in [-0.1, -0.05) is 19.3 Å². The topological polar surface area (TPSA) is 30.5 Å². The van der Waals surface area contributed by atoms with E-state index in [0.717, 1.165) is 23.1 Å². The Morgan fingerprint density at radius 2 is 1.74 bits per heavy atom. The standard InChI is InChI=1S/C16H25NO2/c1-12(13-7-5-4-6-8-13)17-14-9-10-15(18-2)16(11-14)19-3/h9-13,17H,4-8H2,1-3H3. The Kier molecular flexibility index (Phi) is 4.94. The average molecular weight is 263 g/mol. The van der Waals surface area contributed by atoms with Crippen LogP contribution in [0.25, 0.3) is 0 Å². The smallest absolute Gasteiger partial charge is 0.162 e. The van der Waals surface area contributed by atoms with Gasteiger partial charge in [-0.05, 0) is 37.8 Å². The predicted octanol–water partition coefficient (Wildman–Crippen LogP) is 4.08. The molecule has 0 saturated heterocycles. The fourth-order valence-corrected chi connectivity index (χ4v) is 2.94. The maximum atomic E-state index is 5.34. The molecule has 0 radical (unpaired) electrons. The van der Waals surface area contributed by atoms with Crippen molar-refractivity contribution in [2.75, 3.05) is 19.5 Å². The molecule has 1 unspecified atom stereocenters. The molecule has 0 heterocycles. The summed E-state index contributed by atoms with van der Waals surface area (Å²) in [6, 6.07) is 6.53. The number of rotatable bonds is 5. The second kappa shape index (κ2) is 6.69. The third-order valence-electron chi connectivity index (χ3n) is 4.13. The van der Waals surface area contributed by atoms with Crippen molar-refractivity contribution >= 4 is 5.69 Å². The lowest BCUT2D eigenvalue weighted by atomic mass is 9.84. The summed E-state index contributed by atoms with van der Waals surface area (Å²) in [6.45, 7) is 2.28. The van der Waals surface area contributed by atoms with E-state index in [1.165, 1.54) is 32.1 Å². The van der Waals surface area contributed by atoms with Crippen LogP contribution in [0.1, 0.15) is 39.0 Å². The minimum Gasteiger partial charge on any atom is -0.493 e. The molecule has 2 rings (SSSR count). The summed E-state index contributed by atoms with van der Waals surface area (Å²) in [5.41, 5.74) is 1.11. The van der Waals surface area contributed by atoms with Crippen molar-refractivity contribution in [3.05, 3.63) is 18.2 Å². The molecule has 0 aromatic heterocycles. The first kappa shape index (κ1) is 14.0. The molecule has 0 bridgehead atoms. The van der Waals surface area contributed by atoms with Gasteiger partial charge >= 0.3 is 0 Å². The molecule has 3 nitrogen and oxygen atoms in total. The zero-order chi connectivity index (χ0) is 13.7. The lowest BCUT2D eigenvalue weighted by molar-refractivity contribution is 0.328. The highest BCUT2D eigenvalue weighted by Crippen LogP contribution is 2.32. The lowest BCUT2D eigenvalue weighted by Crippen LogP contribution is -2.27. The van der Waals surface area contributed by atoms with Gasteiger partial charge in [0.2, 0.25) is 0 Å². The molecule has 19 heavy (non-hydrogen) atoms. The lowest BCUT2D eigenvalue weighted by Gasteiger charge is -2.29. The van der Waals surface area contributed by atoms with Gasteiger partial charge in [-0.2, -0.15) is 0 Å². The normalized spacial score (nSPS) is 17.8. The van der Waals surface area contributed by atoms with Gasteiger partial charge in [-0.15, -0.1) is 0 Å². The highest BCUT2D eigenvalue weighted by molar-refractivity contribution is 5.55. The van der Waals surface area contributed by atoms with Gasteiger partial charge in [0, 0.05) is 17.8 Å². The number of hydrogen-bond donors (Lipinski definition) is 1. The fraction of sp³-hybridized carbons (Fsp3) is 0.625. The Balaban J connectivity index is 2.01. The molecule has 1 N–H and O–H groups in total. The summed E-state index contributed by atoms with van der Waals surface area (Å²) in [7, 11) is 3.34. The molecule has 0 spiro atoms. The molecule has 106 valence electrons. The van der Waals surface area contributed by atoms with E-state index in [4.69, 9.17) is 9.47 Å². The van der Waals surface area contributed by atoms with Gasteiger partial charge in [0.05, 0.1) is 14.2 Å². The van der Waals surface area contributed by atoms with E-state index in [2.05, 4.69) is 18.3 Å². The van der Waals surface area contributed by atoms with E-state index in [9.17, 15) is 0 Å². The highest BCUT2D eigenvalue weighted by atomic mass is 16.5. The quantitative estimate of drug-likeness (QED) is 0.868. The molecule has 1 aromatic carbocycles. The van der Waals surface area contributed by atoms with Crippen LogP contribution in [0, 0.1) is 5.92 Å². The first-order chi connectivity index (χ1) is 9.24. The summed E-state index contributed by atoms with van der Waals surface area (Å²) >= 11 is 0. The van der Waals surface area contributed by atoms with Crippen LogP contribution in [-0.4, -0.2) is 20.3 Å². The van der Waals surface area contributed by atoms with E-state index >= 15 is 0 Å². The third kappa shape index (κ3) is 3.55. The van der Waals surface area contributed by atoms with Gasteiger partial charge in [0.15, 0.2) is 11.5 Å². The third-order valence-corrected chi connectivity index (χ3v) is 4.13. The average Bonchev–Trinajstić information content (AvgIpc) is 2.48. The van der Waals surface area contributed by atoms with Crippen LogP contribution in [0.2, 0.25) is 0 Å². The molecule has 1 saturated carbocycles. The summed E-state index contributed by atoms with van der Waals surface area (Å²) in [6.07, 6.45) is 6.85. The minimum absolute atomic E-state index is 0.512. The number of ether oxygens (including phenoxy) is 2. The molecule has 0 aliphatic heterocycles. The number of nitrogens with one attached hydrogen (secondary N) is 1. The molecule has 1 aromatic rings. The van der Waals surface area contributed by atoms with Crippen molar-refractivity contribution in [1.29, 1.82) is 0 Å². The van der Waals surface area contributed by atoms with Crippen LogP contribution >= 0.6 is 0 Å². The number of hydrogen-bond acceptors (Lipinski definition) is 3. The molecule has 1 fully saturated rings. The molecular weight excluding hydrogens is 238 g/mol. The Bertz CT molecular complexity index is 400. The predicted molar refractivity (Wildman–Crippen MR) is 79.2 cm³/mol. The maximum Gasteiger partial charge on any atom is 0.162 e. The monoisotopic (exact) mass is 263 g/mol. The minimum atomic E-state index is 0.512. The number of methoxy groups -OCH3 is 2. The first-order valence-electron chi connectivity index (χ1n) is 7.23. The van der Waals surface area contributed by atoms with Gasteiger partial charge < -0.3 is 14.8 Å². The molecular formula is C16H25NO2. The zero-order valence-corrected chi connectivity index (χ0v) is 12.2. The Labute approximate surface area is 116 Å². The summed E-state index contributed by atoms with van der Waals surface area (Å²) in [5, 5.41) is 3.60. The van der Waals surface area contributed by atoms with Crippen molar-refractivity contribution in [3.63, 3.8) is 0 Å².